The molecule has 0 unspecified atom stereocenters. The van der Waals surface area contributed by atoms with Crippen LogP contribution in [-0.4, -0.2) is 29.6 Å². The lowest BCUT2D eigenvalue weighted by molar-refractivity contribution is 0.0527. The molecule has 130 valence electrons. The minimum atomic E-state index is -0.388. The number of amides is 2. The van der Waals surface area contributed by atoms with E-state index in [2.05, 4.69) is 20.9 Å². The van der Waals surface area contributed by atoms with E-state index >= 15 is 0 Å². The third-order valence-corrected chi connectivity index (χ3v) is 3.62. The molecule has 0 spiro atoms. The molecular weight excluding hydrogens is 320 g/mol. The van der Waals surface area contributed by atoms with E-state index in [1.54, 1.807) is 43.5 Å². The molecule has 1 aliphatic carbocycles. The Kier molecular flexibility index (Phi) is 5.13. The topological polar surface area (TPSA) is 92.4 Å². The SMILES string of the molecule is CCOC(=O)c1ccccc1Nc1ccc(NC(=O)NC2CC2)cn1. The Labute approximate surface area is 145 Å². The second-order valence-electron chi connectivity index (χ2n) is 5.70. The highest BCUT2D eigenvalue weighted by molar-refractivity contribution is 5.96. The fraction of sp³-hybridized carbons (Fsp3) is 0.278. The van der Waals surface area contributed by atoms with Crippen molar-refractivity contribution in [2.24, 2.45) is 0 Å². The minimum Gasteiger partial charge on any atom is -0.462 e. The van der Waals surface area contributed by atoms with Crippen LogP contribution in [0, 0.1) is 0 Å². The zero-order chi connectivity index (χ0) is 17.6. The number of anilines is 3. The summed E-state index contributed by atoms with van der Waals surface area (Å²) in [6, 6.07) is 10.6. The summed E-state index contributed by atoms with van der Waals surface area (Å²) in [5.41, 5.74) is 1.65. The van der Waals surface area contributed by atoms with Crippen molar-refractivity contribution < 1.29 is 14.3 Å². The number of ether oxygens (including phenoxy) is 1. The highest BCUT2D eigenvalue weighted by atomic mass is 16.5. The standard InChI is InChI=1S/C18H20N4O3/c1-2-25-17(23)14-5-3-4-6-15(14)22-16-10-9-13(11-19-16)21-18(24)20-12-7-8-12/h3-6,9-12H,2,7-8H2,1H3,(H,19,22)(H2,20,21,24). The van der Waals surface area contributed by atoms with E-state index in [0.29, 0.717) is 35.4 Å². The Morgan fingerprint density at radius 2 is 2.00 bits per heavy atom. The van der Waals surface area contributed by atoms with Gasteiger partial charge >= 0.3 is 12.0 Å². The minimum absolute atomic E-state index is 0.224. The van der Waals surface area contributed by atoms with E-state index in [4.69, 9.17) is 4.74 Å². The van der Waals surface area contributed by atoms with Crippen LogP contribution in [0.5, 0.6) is 0 Å². The number of benzene rings is 1. The van der Waals surface area contributed by atoms with E-state index in [1.165, 1.54) is 0 Å². The van der Waals surface area contributed by atoms with Gasteiger partial charge in [-0.1, -0.05) is 12.1 Å². The summed E-state index contributed by atoms with van der Waals surface area (Å²) >= 11 is 0. The molecule has 0 bridgehead atoms. The first-order valence-corrected chi connectivity index (χ1v) is 8.22. The summed E-state index contributed by atoms with van der Waals surface area (Å²) in [4.78, 5) is 28.0. The molecule has 7 nitrogen and oxygen atoms in total. The van der Waals surface area contributed by atoms with Crippen LogP contribution < -0.4 is 16.0 Å². The largest absolute Gasteiger partial charge is 0.462 e. The van der Waals surface area contributed by atoms with Gasteiger partial charge in [0.05, 0.1) is 29.7 Å². The molecule has 1 aliphatic rings. The van der Waals surface area contributed by atoms with Gasteiger partial charge in [-0.25, -0.2) is 14.6 Å². The average Bonchev–Trinajstić information content (AvgIpc) is 3.41. The number of esters is 1. The molecule has 1 aromatic carbocycles. The molecule has 0 atom stereocenters. The van der Waals surface area contributed by atoms with Crippen LogP contribution in [0.4, 0.5) is 22.0 Å². The van der Waals surface area contributed by atoms with Gasteiger partial charge in [-0.2, -0.15) is 0 Å². The summed E-state index contributed by atoms with van der Waals surface area (Å²) in [5, 5.41) is 8.67. The van der Waals surface area contributed by atoms with Gasteiger partial charge in [-0.3, -0.25) is 0 Å². The fourth-order valence-electron chi connectivity index (χ4n) is 2.24. The lowest BCUT2D eigenvalue weighted by atomic mass is 10.2. The maximum Gasteiger partial charge on any atom is 0.340 e. The van der Waals surface area contributed by atoms with Crippen LogP contribution >= 0.6 is 0 Å². The molecule has 1 fully saturated rings. The van der Waals surface area contributed by atoms with Crippen molar-refractivity contribution in [3.63, 3.8) is 0 Å². The maximum atomic E-state index is 12.0. The quantitative estimate of drug-likeness (QED) is 0.702. The van der Waals surface area contributed by atoms with Crippen molar-refractivity contribution in [3.8, 4) is 0 Å². The second kappa shape index (κ2) is 7.65. The van der Waals surface area contributed by atoms with Gasteiger partial charge < -0.3 is 20.7 Å². The van der Waals surface area contributed by atoms with Crippen molar-refractivity contribution in [2.75, 3.05) is 17.2 Å². The number of para-hydroxylation sites is 1. The van der Waals surface area contributed by atoms with Crippen LogP contribution in [0.1, 0.15) is 30.1 Å². The number of hydrogen-bond acceptors (Lipinski definition) is 5. The van der Waals surface area contributed by atoms with Crippen LogP contribution in [0.2, 0.25) is 0 Å². The average molecular weight is 340 g/mol. The van der Waals surface area contributed by atoms with Gasteiger partial charge in [0.25, 0.3) is 0 Å². The molecule has 3 N–H and O–H groups in total. The number of nitrogens with zero attached hydrogens (tertiary/aromatic N) is 1. The van der Waals surface area contributed by atoms with Gasteiger partial charge in [0, 0.05) is 6.04 Å². The van der Waals surface area contributed by atoms with Crippen LogP contribution in [0.25, 0.3) is 0 Å². The summed E-state index contributed by atoms with van der Waals surface area (Å²) in [7, 11) is 0. The first-order chi connectivity index (χ1) is 12.2. The number of aromatic nitrogens is 1. The Bertz CT molecular complexity index is 757. The Morgan fingerprint density at radius 1 is 1.20 bits per heavy atom. The third-order valence-electron chi connectivity index (χ3n) is 3.62. The van der Waals surface area contributed by atoms with Crippen molar-refractivity contribution in [1.82, 2.24) is 10.3 Å². The molecule has 7 heteroatoms. The Balaban J connectivity index is 1.65. The second-order valence-corrected chi connectivity index (χ2v) is 5.70. The summed E-state index contributed by atoms with van der Waals surface area (Å²) in [6.45, 7) is 2.08. The third kappa shape index (κ3) is 4.69. The van der Waals surface area contributed by atoms with Crippen LogP contribution in [0.15, 0.2) is 42.6 Å². The number of carbonyl (C=O) groups is 2. The van der Waals surface area contributed by atoms with E-state index < -0.39 is 0 Å². The lowest BCUT2D eigenvalue weighted by Crippen LogP contribution is -2.30. The molecule has 2 aromatic rings. The number of nitrogens with one attached hydrogen (secondary N) is 3. The van der Waals surface area contributed by atoms with Gasteiger partial charge in [-0.15, -0.1) is 0 Å². The molecule has 25 heavy (non-hydrogen) atoms. The van der Waals surface area contributed by atoms with E-state index in [9.17, 15) is 9.59 Å². The first kappa shape index (κ1) is 16.8. The number of hydrogen-bond donors (Lipinski definition) is 3. The zero-order valence-corrected chi connectivity index (χ0v) is 13.9. The van der Waals surface area contributed by atoms with Crippen molar-refractivity contribution >= 4 is 29.2 Å². The van der Waals surface area contributed by atoms with Gasteiger partial charge in [0.2, 0.25) is 0 Å². The zero-order valence-electron chi connectivity index (χ0n) is 13.9. The van der Waals surface area contributed by atoms with E-state index in [0.717, 1.165) is 12.8 Å². The van der Waals surface area contributed by atoms with E-state index in [-0.39, 0.29) is 12.0 Å². The molecule has 0 radical (unpaired) electrons. The van der Waals surface area contributed by atoms with Crippen LogP contribution in [-0.2, 0) is 4.74 Å². The molecule has 0 aliphatic heterocycles. The van der Waals surface area contributed by atoms with Gasteiger partial charge in [0.15, 0.2) is 0 Å². The maximum absolute atomic E-state index is 12.0. The van der Waals surface area contributed by atoms with Gasteiger partial charge in [0.1, 0.15) is 5.82 Å². The highest BCUT2D eigenvalue weighted by Crippen LogP contribution is 2.22. The summed E-state index contributed by atoms with van der Waals surface area (Å²) in [5.74, 6) is 0.172. The molecule has 1 saturated carbocycles. The number of rotatable bonds is 6. The lowest BCUT2D eigenvalue weighted by Gasteiger charge is -2.11. The molecule has 0 saturated heterocycles. The molecule has 2 amide bonds. The highest BCUT2D eigenvalue weighted by Gasteiger charge is 2.23. The predicted molar refractivity (Wildman–Crippen MR) is 95.1 cm³/mol. The van der Waals surface area contributed by atoms with Crippen molar-refractivity contribution in [1.29, 1.82) is 0 Å². The van der Waals surface area contributed by atoms with Gasteiger partial charge in [-0.05, 0) is 44.0 Å². The Hall–Kier alpha value is -3.09. The summed E-state index contributed by atoms with van der Waals surface area (Å²) < 4.78 is 5.05. The summed E-state index contributed by atoms with van der Waals surface area (Å²) in [6.07, 6.45) is 3.63. The molecular formula is C18H20N4O3. The molecule has 1 aromatic heterocycles. The van der Waals surface area contributed by atoms with Crippen LogP contribution in [0.3, 0.4) is 0 Å². The van der Waals surface area contributed by atoms with Crippen molar-refractivity contribution in [3.05, 3.63) is 48.2 Å². The predicted octanol–water partition coefficient (Wildman–Crippen LogP) is 3.29. The normalized spacial score (nSPS) is 13.0. The van der Waals surface area contributed by atoms with Crippen molar-refractivity contribution in [2.45, 2.75) is 25.8 Å². The molecule has 3 rings (SSSR count). The fourth-order valence-corrected chi connectivity index (χ4v) is 2.24. The number of carbonyl (C=O) groups excluding carboxylic acids is 2. The Morgan fingerprint density at radius 3 is 2.68 bits per heavy atom. The smallest absolute Gasteiger partial charge is 0.340 e. The monoisotopic (exact) mass is 340 g/mol. The first-order valence-electron chi connectivity index (χ1n) is 8.22. The van der Waals surface area contributed by atoms with E-state index in [1.807, 2.05) is 6.07 Å². The number of urea groups is 1. The molecule has 1 heterocycles. The number of pyridine rings is 1.